The van der Waals surface area contributed by atoms with Gasteiger partial charge < -0.3 is 10.1 Å². The van der Waals surface area contributed by atoms with E-state index in [1.165, 1.54) is 0 Å². The van der Waals surface area contributed by atoms with Gasteiger partial charge in [0.15, 0.2) is 0 Å². The Morgan fingerprint density at radius 1 is 1.31 bits per heavy atom. The highest BCUT2D eigenvalue weighted by atomic mass is 35.5. The molecule has 3 rings (SSSR count). The van der Waals surface area contributed by atoms with Crippen LogP contribution >= 0.6 is 11.6 Å². The number of pyridine rings is 1. The summed E-state index contributed by atoms with van der Waals surface area (Å²) >= 11 is 6.19. The van der Waals surface area contributed by atoms with Gasteiger partial charge in [0.25, 0.3) is 0 Å². The Morgan fingerprint density at radius 3 is 2.73 bits per heavy atom. The molecule has 1 aromatic carbocycles. The van der Waals surface area contributed by atoms with Crippen LogP contribution in [-0.2, 0) is 11.2 Å². The van der Waals surface area contributed by atoms with Crippen LogP contribution in [0.4, 0.5) is 13.2 Å². The van der Waals surface area contributed by atoms with E-state index in [0.29, 0.717) is 17.2 Å². The van der Waals surface area contributed by atoms with Crippen molar-refractivity contribution in [1.29, 1.82) is 0 Å². The summed E-state index contributed by atoms with van der Waals surface area (Å²) < 4.78 is 42.4. The Balaban J connectivity index is 1.65. The van der Waals surface area contributed by atoms with Crippen molar-refractivity contribution in [2.24, 2.45) is 0 Å². The molecule has 4 nitrogen and oxygen atoms in total. The lowest BCUT2D eigenvalue weighted by molar-refractivity contribution is -0.144. The Bertz CT molecular complexity index is 797. The van der Waals surface area contributed by atoms with Gasteiger partial charge in [-0.1, -0.05) is 11.6 Å². The average Bonchev–Trinajstić information content (AvgIpc) is 3.00. The highest BCUT2D eigenvalue weighted by Gasteiger charge is 2.29. The van der Waals surface area contributed by atoms with Gasteiger partial charge in [-0.15, -0.1) is 0 Å². The largest absolute Gasteiger partial charge is 0.487 e. The molecule has 1 aliphatic rings. The molecule has 0 saturated heterocycles. The van der Waals surface area contributed by atoms with Crippen LogP contribution in [0.5, 0.6) is 5.75 Å². The molecule has 1 unspecified atom stereocenters. The molecule has 1 atom stereocenters. The molecule has 1 amide bonds. The van der Waals surface area contributed by atoms with Crippen molar-refractivity contribution < 1.29 is 22.7 Å². The Labute approximate surface area is 153 Å². The van der Waals surface area contributed by atoms with Gasteiger partial charge in [-0.2, -0.15) is 13.2 Å². The summed E-state index contributed by atoms with van der Waals surface area (Å²) in [5.74, 6) is 0.0319. The normalized spacial score (nSPS) is 16.1. The molecule has 138 valence electrons. The third-order valence-electron chi connectivity index (χ3n) is 4.02. The second kappa shape index (κ2) is 7.53. The molecular formula is C18H16ClF3N2O2. The van der Waals surface area contributed by atoms with E-state index in [1.54, 1.807) is 24.5 Å². The molecule has 0 radical (unpaired) electrons. The Hall–Kier alpha value is -2.28. The number of benzene rings is 1. The number of nitrogens with zero attached hydrogens (tertiary/aromatic N) is 1. The third-order valence-corrected chi connectivity index (χ3v) is 4.23. The monoisotopic (exact) mass is 384 g/mol. The molecule has 0 spiro atoms. The number of fused-ring (bicyclic) bond motifs is 1. The molecule has 1 N–H and O–H groups in total. The van der Waals surface area contributed by atoms with Crippen molar-refractivity contribution in [3.05, 3.63) is 47.2 Å². The maximum absolute atomic E-state index is 12.2. The highest BCUT2D eigenvalue weighted by molar-refractivity contribution is 6.31. The van der Waals surface area contributed by atoms with Crippen molar-refractivity contribution in [1.82, 2.24) is 10.3 Å². The number of rotatable bonds is 5. The van der Waals surface area contributed by atoms with E-state index in [-0.39, 0.29) is 12.6 Å². The van der Waals surface area contributed by atoms with Crippen LogP contribution in [0.1, 0.15) is 18.4 Å². The van der Waals surface area contributed by atoms with Gasteiger partial charge >= 0.3 is 6.18 Å². The van der Waals surface area contributed by atoms with Crippen molar-refractivity contribution in [2.45, 2.75) is 31.5 Å². The standard InChI is InChI=1S/C18H16ClF3N2O2/c19-13-7-12-8-14(10-24-16(25)1-4-18(20,21)22)26-17(12)15(9-13)11-2-5-23-6-3-11/h2-3,5-7,9,14H,1,4,8,10H2,(H,24,25). The lowest BCUT2D eigenvalue weighted by Gasteiger charge is -2.14. The summed E-state index contributed by atoms with van der Waals surface area (Å²) in [6, 6.07) is 7.26. The first-order valence-electron chi connectivity index (χ1n) is 8.05. The number of alkyl halides is 3. The van der Waals surface area contributed by atoms with E-state index in [4.69, 9.17) is 16.3 Å². The first kappa shape index (κ1) is 18.5. The van der Waals surface area contributed by atoms with Crippen LogP contribution in [-0.4, -0.2) is 29.7 Å². The van der Waals surface area contributed by atoms with Gasteiger partial charge in [0, 0.05) is 41.4 Å². The SMILES string of the molecule is O=C(CCC(F)(F)F)NCC1Cc2cc(Cl)cc(-c3ccncc3)c2O1. The molecule has 2 aromatic rings. The first-order valence-corrected chi connectivity index (χ1v) is 8.42. The maximum Gasteiger partial charge on any atom is 0.389 e. The summed E-state index contributed by atoms with van der Waals surface area (Å²) in [6.07, 6.45) is -2.56. The number of aromatic nitrogens is 1. The van der Waals surface area contributed by atoms with E-state index < -0.39 is 24.9 Å². The number of amides is 1. The smallest absolute Gasteiger partial charge is 0.389 e. The van der Waals surface area contributed by atoms with Gasteiger partial charge in [0.2, 0.25) is 5.91 Å². The van der Waals surface area contributed by atoms with Gasteiger partial charge in [-0.25, -0.2) is 0 Å². The summed E-state index contributed by atoms with van der Waals surface area (Å²) in [6.45, 7) is 0.138. The average molecular weight is 385 g/mol. The topological polar surface area (TPSA) is 51.2 Å². The predicted molar refractivity (Wildman–Crippen MR) is 91.1 cm³/mol. The number of nitrogens with one attached hydrogen (secondary N) is 1. The number of hydrogen-bond donors (Lipinski definition) is 1. The molecule has 0 fully saturated rings. The van der Waals surface area contributed by atoms with Crippen molar-refractivity contribution in [3.8, 4) is 16.9 Å². The molecule has 26 heavy (non-hydrogen) atoms. The molecule has 2 heterocycles. The minimum Gasteiger partial charge on any atom is -0.487 e. The van der Waals surface area contributed by atoms with E-state index in [9.17, 15) is 18.0 Å². The van der Waals surface area contributed by atoms with E-state index in [0.717, 1.165) is 16.7 Å². The van der Waals surface area contributed by atoms with Crippen LogP contribution in [0.25, 0.3) is 11.1 Å². The zero-order chi connectivity index (χ0) is 18.7. The fourth-order valence-corrected chi connectivity index (χ4v) is 3.07. The Kier molecular flexibility index (Phi) is 5.36. The number of carbonyl (C=O) groups excluding carboxylic acids is 1. The lowest BCUT2D eigenvalue weighted by atomic mass is 10.0. The third kappa shape index (κ3) is 4.66. The second-order valence-corrected chi connectivity index (χ2v) is 6.48. The van der Waals surface area contributed by atoms with Gasteiger partial charge in [-0.05, 0) is 29.8 Å². The summed E-state index contributed by atoms with van der Waals surface area (Å²) in [7, 11) is 0. The maximum atomic E-state index is 12.2. The fourth-order valence-electron chi connectivity index (χ4n) is 2.83. The quantitative estimate of drug-likeness (QED) is 0.842. The molecule has 0 aliphatic carbocycles. The summed E-state index contributed by atoms with van der Waals surface area (Å²) in [5.41, 5.74) is 2.62. The molecule has 1 aliphatic heterocycles. The summed E-state index contributed by atoms with van der Waals surface area (Å²) in [5, 5.41) is 3.06. The lowest BCUT2D eigenvalue weighted by Crippen LogP contribution is -2.34. The zero-order valence-corrected chi connectivity index (χ0v) is 14.4. The number of halogens is 4. The van der Waals surface area contributed by atoms with Crippen molar-refractivity contribution >= 4 is 17.5 Å². The zero-order valence-electron chi connectivity index (χ0n) is 13.6. The minimum atomic E-state index is -4.34. The van der Waals surface area contributed by atoms with Crippen LogP contribution in [0.15, 0.2) is 36.7 Å². The molecule has 0 bridgehead atoms. The minimum absolute atomic E-state index is 0.138. The summed E-state index contributed by atoms with van der Waals surface area (Å²) in [4.78, 5) is 15.6. The van der Waals surface area contributed by atoms with Crippen molar-refractivity contribution in [2.75, 3.05) is 6.54 Å². The van der Waals surface area contributed by atoms with E-state index in [1.807, 2.05) is 12.1 Å². The first-order chi connectivity index (χ1) is 12.3. The number of hydrogen-bond acceptors (Lipinski definition) is 3. The van der Waals surface area contributed by atoms with Crippen molar-refractivity contribution in [3.63, 3.8) is 0 Å². The predicted octanol–water partition coefficient (Wildman–Crippen LogP) is 4.16. The molecular weight excluding hydrogens is 369 g/mol. The molecule has 0 saturated carbocycles. The van der Waals surface area contributed by atoms with E-state index >= 15 is 0 Å². The molecule has 1 aromatic heterocycles. The molecule has 8 heteroatoms. The van der Waals surface area contributed by atoms with Crippen LogP contribution in [0, 0.1) is 0 Å². The number of carbonyl (C=O) groups is 1. The fraction of sp³-hybridized carbons (Fsp3) is 0.333. The number of ether oxygens (including phenoxy) is 1. The highest BCUT2D eigenvalue weighted by Crippen LogP contribution is 2.40. The van der Waals surface area contributed by atoms with Crippen LogP contribution in [0.2, 0.25) is 5.02 Å². The van der Waals surface area contributed by atoms with Gasteiger partial charge in [0.1, 0.15) is 11.9 Å². The van der Waals surface area contributed by atoms with Crippen LogP contribution in [0.3, 0.4) is 0 Å². The van der Waals surface area contributed by atoms with Gasteiger partial charge in [0.05, 0.1) is 13.0 Å². The van der Waals surface area contributed by atoms with Gasteiger partial charge in [-0.3, -0.25) is 9.78 Å². The van der Waals surface area contributed by atoms with Crippen LogP contribution < -0.4 is 10.1 Å². The van der Waals surface area contributed by atoms with E-state index in [2.05, 4.69) is 10.3 Å². The second-order valence-electron chi connectivity index (χ2n) is 6.04. The Morgan fingerprint density at radius 2 is 2.04 bits per heavy atom.